The van der Waals surface area contributed by atoms with Gasteiger partial charge in [-0.25, -0.2) is 4.98 Å². The van der Waals surface area contributed by atoms with E-state index in [4.69, 9.17) is 4.74 Å². The van der Waals surface area contributed by atoms with Crippen molar-refractivity contribution in [2.45, 2.75) is 26.3 Å². The second-order valence-electron chi connectivity index (χ2n) is 5.83. The summed E-state index contributed by atoms with van der Waals surface area (Å²) in [6, 6.07) is 11.0. The van der Waals surface area contributed by atoms with Crippen LogP contribution in [0.25, 0.3) is 11.4 Å². The number of aromatic amines is 1. The quantitative estimate of drug-likeness (QED) is 0.683. The Morgan fingerprint density at radius 1 is 1.27 bits per heavy atom. The molecule has 1 atom stereocenters. The summed E-state index contributed by atoms with van der Waals surface area (Å²) in [5.41, 5.74) is 1.75. The number of aromatic nitrogens is 4. The van der Waals surface area contributed by atoms with Crippen LogP contribution in [-0.2, 0) is 11.2 Å². The number of carbonyl (C=O) groups excluding carboxylic acids is 1. The topological polar surface area (TPSA) is 92.8 Å². The molecular formula is C19H21N5O2. The summed E-state index contributed by atoms with van der Waals surface area (Å²) >= 11 is 0. The lowest BCUT2D eigenvalue weighted by atomic mass is 10.1. The maximum atomic E-state index is 12.3. The summed E-state index contributed by atoms with van der Waals surface area (Å²) < 4.78 is 5.40. The van der Waals surface area contributed by atoms with Gasteiger partial charge in [0.2, 0.25) is 5.91 Å². The van der Waals surface area contributed by atoms with Crippen molar-refractivity contribution in [1.82, 2.24) is 25.5 Å². The van der Waals surface area contributed by atoms with Gasteiger partial charge in [-0.2, -0.15) is 5.10 Å². The molecule has 0 unspecified atom stereocenters. The smallest absolute Gasteiger partial charge is 0.224 e. The molecular weight excluding hydrogens is 330 g/mol. The minimum absolute atomic E-state index is 0.0824. The number of hydrogen-bond donors (Lipinski definition) is 2. The predicted octanol–water partition coefficient (Wildman–Crippen LogP) is 2.69. The zero-order valence-electron chi connectivity index (χ0n) is 14.8. The predicted molar refractivity (Wildman–Crippen MR) is 97.5 cm³/mol. The summed E-state index contributed by atoms with van der Waals surface area (Å²) in [4.78, 5) is 20.8. The largest absolute Gasteiger partial charge is 0.494 e. The van der Waals surface area contributed by atoms with Gasteiger partial charge < -0.3 is 10.1 Å². The Morgan fingerprint density at radius 3 is 2.77 bits per heavy atom. The van der Waals surface area contributed by atoms with Crippen LogP contribution in [0, 0.1) is 0 Å². The third kappa shape index (κ3) is 4.44. The molecule has 26 heavy (non-hydrogen) atoms. The second-order valence-corrected chi connectivity index (χ2v) is 5.83. The molecule has 0 aliphatic rings. The van der Waals surface area contributed by atoms with Crippen LogP contribution in [0.1, 0.15) is 31.3 Å². The lowest BCUT2D eigenvalue weighted by Gasteiger charge is -2.11. The van der Waals surface area contributed by atoms with Gasteiger partial charge >= 0.3 is 0 Å². The van der Waals surface area contributed by atoms with Crippen LogP contribution in [0.5, 0.6) is 5.75 Å². The highest BCUT2D eigenvalue weighted by Crippen LogP contribution is 2.16. The standard InChI is InChI=1S/C19H21N5O2/c1-3-26-16-8-6-14(7-9-16)11-17(25)21-13(2)18-22-19(24-23-18)15-5-4-10-20-12-15/h4-10,12-13H,3,11H2,1-2H3,(H,21,25)(H,22,23,24)/t13-/m0/s1. The van der Waals surface area contributed by atoms with E-state index >= 15 is 0 Å². The molecule has 0 aliphatic carbocycles. The molecule has 7 nitrogen and oxygen atoms in total. The average Bonchev–Trinajstić information content (AvgIpc) is 3.15. The number of pyridine rings is 1. The molecule has 134 valence electrons. The Morgan fingerprint density at radius 2 is 2.08 bits per heavy atom. The van der Waals surface area contributed by atoms with Crippen molar-refractivity contribution in [3.05, 3.63) is 60.2 Å². The summed E-state index contributed by atoms with van der Waals surface area (Å²) in [7, 11) is 0. The van der Waals surface area contributed by atoms with Crippen LogP contribution in [-0.4, -0.2) is 32.7 Å². The molecule has 3 rings (SSSR count). The fourth-order valence-corrected chi connectivity index (χ4v) is 2.51. The van der Waals surface area contributed by atoms with E-state index in [1.54, 1.807) is 12.4 Å². The minimum atomic E-state index is -0.275. The first kappa shape index (κ1) is 17.6. The van der Waals surface area contributed by atoms with Crippen LogP contribution in [0.4, 0.5) is 0 Å². The van der Waals surface area contributed by atoms with Crippen molar-refractivity contribution in [3.8, 4) is 17.1 Å². The van der Waals surface area contributed by atoms with Crippen molar-refractivity contribution < 1.29 is 9.53 Å². The molecule has 2 aromatic heterocycles. The number of carbonyl (C=O) groups is 1. The molecule has 0 bridgehead atoms. The molecule has 0 saturated heterocycles. The molecule has 0 radical (unpaired) electrons. The molecule has 0 aliphatic heterocycles. The van der Waals surface area contributed by atoms with E-state index in [0.29, 0.717) is 24.7 Å². The van der Waals surface area contributed by atoms with Crippen LogP contribution in [0.2, 0.25) is 0 Å². The number of rotatable bonds is 7. The average molecular weight is 351 g/mol. The fraction of sp³-hybridized carbons (Fsp3) is 0.263. The third-order valence-corrected chi connectivity index (χ3v) is 3.81. The Hall–Kier alpha value is -3.22. The van der Waals surface area contributed by atoms with Crippen molar-refractivity contribution >= 4 is 5.91 Å². The van der Waals surface area contributed by atoms with Gasteiger partial charge in [-0.05, 0) is 43.7 Å². The molecule has 1 amide bonds. The number of benzene rings is 1. The highest BCUT2D eigenvalue weighted by atomic mass is 16.5. The second kappa shape index (κ2) is 8.24. The van der Waals surface area contributed by atoms with Crippen molar-refractivity contribution in [3.63, 3.8) is 0 Å². The van der Waals surface area contributed by atoms with Crippen LogP contribution in [0.3, 0.4) is 0 Å². The molecule has 1 aromatic carbocycles. The lowest BCUT2D eigenvalue weighted by Crippen LogP contribution is -2.28. The van der Waals surface area contributed by atoms with Gasteiger partial charge in [0.25, 0.3) is 0 Å². The number of H-pyrrole nitrogens is 1. The van der Waals surface area contributed by atoms with Crippen molar-refractivity contribution in [2.75, 3.05) is 6.61 Å². The lowest BCUT2D eigenvalue weighted by molar-refractivity contribution is -0.121. The van der Waals surface area contributed by atoms with E-state index in [1.807, 2.05) is 50.2 Å². The van der Waals surface area contributed by atoms with Crippen molar-refractivity contribution in [2.24, 2.45) is 0 Å². The van der Waals surface area contributed by atoms with E-state index in [0.717, 1.165) is 16.9 Å². The summed E-state index contributed by atoms with van der Waals surface area (Å²) in [5.74, 6) is 1.88. The summed E-state index contributed by atoms with van der Waals surface area (Å²) in [6.07, 6.45) is 3.68. The molecule has 2 heterocycles. The first-order valence-electron chi connectivity index (χ1n) is 8.49. The van der Waals surface area contributed by atoms with Crippen LogP contribution in [0.15, 0.2) is 48.8 Å². The van der Waals surface area contributed by atoms with E-state index in [1.165, 1.54) is 0 Å². The van der Waals surface area contributed by atoms with Gasteiger partial charge in [-0.3, -0.25) is 14.9 Å². The highest BCUT2D eigenvalue weighted by Gasteiger charge is 2.15. The van der Waals surface area contributed by atoms with Gasteiger partial charge in [0.15, 0.2) is 5.82 Å². The van der Waals surface area contributed by atoms with Gasteiger partial charge in [0.05, 0.1) is 19.1 Å². The van der Waals surface area contributed by atoms with Gasteiger partial charge in [0.1, 0.15) is 11.6 Å². The molecule has 0 spiro atoms. The zero-order valence-corrected chi connectivity index (χ0v) is 14.8. The SMILES string of the molecule is CCOc1ccc(CC(=O)N[C@@H](C)c2nc(-c3cccnc3)n[nH]2)cc1. The zero-order chi connectivity index (χ0) is 18.4. The van der Waals surface area contributed by atoms with Crippen LogP contribution < -0.4 is 10.1 Å². The molecule has 0 saturated carbocycles. The fourth-order valence-electron chi connectivity index (χ4n) is 2.51. The van der Waals surface area contributed by atoms with Crippen molar-refractivity contribution in [1.29, 1.82) is 0 Å². The highest BCUT2D eigenvalue weighted by molar-refractivity contribution is 5.78. The Labute approximate surface area is 151 Å². The number of hydrogen-bond acceptors (Lipinski definition) is 5. The maximum absolute atomic E-state index is 12.3. The summed E-state index contributed by atoms with van der Waals surface area (Å²) in [6.45, 7) is 4.42. The van der Waals surface area contributed by atoms with E-state index in [-0.39, 0.29) is 11.9 Å². The van der Waals surface area contributed by atoms with E-state index in [2.05, 4.69) is 25.5 Å². The molecule has 0 fully saturated rings. The maximum Gasteiger partial charge on any atom is 0.224 e. The van der Waals surface area contributed by atoms with Gasteiger partial charge in [-0.1, -0.05) is 12.1 Å². The Bertz CT molecular complexity index is 846. The summed E-state index contributed by atoms with van der Waals surface area (Å²) in [5, 5.41) is 9.99. The molecule has 3 aromatic rings. The number of nitrogens with zero attached hydrogens (tertiary/aromatic N) is 3. The third-order valence-electron chi connectivity index (χ3n) is 3.81. The molecule has 7 heteroatoms. The Kier molecular flexibility index (Phi) is 5.58. The number of amides is 1. The monoisotopic (exact) mass is 351 g/mol. The minimum Gasteiger partial charge on any atom is -0.494 e. The first-order valence-corrected chi connectivity index (χ1v) is 8.49. The normalized spacial score (nSPS) is 11.8. The first-order chi connectivity index (χ1) is 12.7. The van der Waals surface area contributed by atoms with Crippen LogP contribution >= 0.6 is 0 Å². The van der Waals surface area contributed by atoms with Gasteiger partial charge in [-0.15, -0.1) is 0 Å². The van der Waals surface area contributed by atoms with Gasteiger partial charge in [0, 0.05) is 18.0 Å². The van der Waals surface area contributed by atoms with E-state index < -0.39 is 0 Å². The molecule has 2 N–H and O–H groups in total. The number of nitrogens with one attached hydrogen (secondary N) is 2. The Balaban J connectivity index is 1.58. The van der Waals surface area contributed by atoms with E-state index in [9.17, 15) is 4.79 Å². The number of ether oxygens (including phenoxy) is 1.